The molecule has 0 radical (unpaired) electrons. The third-order valence-electron chi connectivity index (χ3n) is 12.2. The van der Waals surface area contributed by atoms with Crippen molar-refractivity contribution in [2.75, 3.05) is 0 Å². The van der Waals surface area contributed by atoms with E-state index in [0.29, 0.717) is 58.0 Å². The zero-order chi connectivity index (χ0) is 24.0. The Kier molecular flexibility index (Phi) is 5.15. The number of rotatable bonds is 4. The van der Waals surface area contributed by atoms with Crippen molar-refractivity contribution in [3.63, 3.8) is 0 Å². The summed E-state index contributed by atoms with van der Waals surface area (Å²) in [5, 5.41) is 0. The number of cyclic esters (lactones) is 1. The molecule has 5 fully saturated rings. The molecule has 5 rings (SSSR count). The fraction of sp³-hybridized carbons (Fsp3) is 0.867. The van der Waals surface area contributed by atoms with Crippen LogP contribution in [0.2, 0.25) is 0 Å². The molecule has 0 bridgehead atoms. The van der Waals surface area contributed by atoms with Gasteiger partial charge in [-0.05, 0) is 125 Å². The molecular weight excluding hydrogens is 408 g/mol. The maximum Gasteiger partial charge on any atom is 0.306 e. The van der Waals surface area contributed by atoms with E-state index in [1.165, 1.54) is 44.9 Å². The fourth-order valence-corrected chi connectivity index (χ4v) is 10.8. The van der Waals surface area contributed by atoms with Gasteiger partial charge in [-0.2, -0.15) is 0 Å². The second-order valence-corrected chi connectivity index (χ2v) is 14.1. The minimum atomic E-state index is -0.332. The van der Waals surface area contributed by atoms with E-state index in [9.17, 15) is 9.59 Å². The maximum atomic E-state index is 12.6. The molecular formula is C30H46O3. The van der Waals surface area contributed by atoms with Gasteiger partial charge in [0.15, 0.2) is 5.78 Å². The molecule has 3 heteroatoms. The Bertz CT molecular complexity index is 896. The van der Waals surface area contributed by atoms with Crippen molar-refractivity contribution >= 4 is 11.8 Å². The van der Waals surface area contributed by atoms with Gasteiger partial charge in [0.2, 0.25) is 0 Å². The summed E-state index contributed by atoms with van der Waals surface area (Å²) in [5.74, 6) is 2.68. The first-order valence-electron chi connectivity index (χ1n) is 13.7. The van der Waals surface area contributed by atoms with E-state index in [1.54, 1.807) is 0 Å². The molecule has 4 saturated carbocycles. The smallest absolute Gasteiger partial charge is 0.306 e. The summed E-state index contributed by atoms with van der Waals surface area (Å²) in [6.07, 6.45) is 13.2. The fourth-order valence-electron chi connectivity index (χ4n) is 10.8. The molecule has 4 aliphatic carbocycles. The van der Waals surface area contributed by atoms with Crippen LogP contribution in [-0.2, 0) is 14.3 Å². The third-order valence-corrected chi connectivity index (χ3v) is 12.2. The van der Waals surface area contributed by atoms with E-state index in [-0.39, 0.29) is 11.6 Å². The molecule has 0 aromatic rings. The molecule has 8 atom stereocenters. The predicted octanol–water partition coefficient (Wildman–Crippen LogP) is 7.28. The number of ketones is 1. The Morgan fingerprint density at radius 2 is 1.64 bits per heavy atom. The first kappa shape index (κ1) is 23.6. The quantitative estimate of drug-likeness (QED) is 0.331. The summed E-state index contributed by atoms with van der Waals surface area (Å²) in [6, 6.07) is 0. The van der Waals surface area contributed by atoms with Crippen LogP contribution in [0.1, 0.15) is 113 Å². The van der Waals surface area contributed by atoms with Crippen LogP contribution in [-0.4, -0.2) is 17.4 Å². The highest BCUT2D eigenvalue weighted by Gasteiger charge is 2.81. The van der Waals surface area contributed by atoms with Crippen molar-refractivity contribution in [2.24, 2.45) is 45.3 Å². The zero-order valence-corrected chi connectivity index (χ0v) is 22.2. The first-order chi connectivity index (χ1) is 15.3. The van der Waals surface area contributed by atoms with Crippen molar-refractivity contribution in [1.29, 1.82) is 0 Å². The molecule has 33 heavy (non-hydrogen) atoms. The molecule has 8 unspecified atom stereocenters. The van der Waals surface area contributed by atoms with Crippen molar-refractivity contribution in [1.82, 2.24) is 0 Å². The lowest BCUT2D eigenvalue weighted by molar-refractivity contribution is -0.168. The van der Waals surface area contributed by atoms with Gasteiger partial charge in [0.05, 0.1) is 0 Å². The Labute approximate surface area is 201 Å². The molecule has 2 spiro atoms. The van der Waals surface area contributed by atoms with Gasteiger partial charge >= 0.3 is 5.97 Å². The van der Waals surface area contributed by atoms with Crippen molar-refractivity contribution in [3.8, 4) is 0 Å². The Balaban J connectivity index is 1.43. The molecule has 1 heterocycles. The summed E-state index contributed by atoms with van der Waals surface area (Å²) in [4.78, 5) is 25.1. The van der Waals surface area contributed by atoms with Crippen molar-refractivity contribution < 1.29 is 14.3 Å². The van der Waals surface area contributed by atoms with E-state index < -0.39 is 0 Å². The van der Waals surface area contributed by atoms with Crippen LogP contribution in [0, 0.1) is 45.3 Å². The monoisotopic (exact) mass is 454 g/mol. The second kappa shape index (κ2) is 7.20. The normalized spacial score (nSPS) is 48.2. The van der Waals surface area contributed by atoms with Gasteiger partial charge < -0.3 is 4.74 Å². The van der Waals surface area contributed by atoms with Crippen LogP contribution in [0.25, 0.3) is 0 Å². The number of esters is 1. The van der Waals surface area contributed by atoms with Gasteiger partial charge in [-0.1, -0.05) is 26.3 Å². The van der Waals surface area contributed by atoms with Crippen LogP contribution in [0.3, 0.4) is 0 Å². The maximum absolute atomic E-state index is 12.6. The lowest BCUT2D eigenvalue weighted by Gasteiger charge is -2.61. The number of fused-ring (bicyclic) bond motifs is 2. The standard InChI is InChI=1S/C30H46O3/c1-19(2)16-21(31)17-20(3)22-10-12-28(7)24-9-8-23-26(4,5)33-25(32)11-13-29(23)18-30(24,29)15-14-27(22,28)6/h16,20,22-24H,8-15,17-18H2,1-7H3. The average molecular weight is 455 g/mol. The highest BCUT2D eigenvalue weighted by molar-refractivity contribution is 5.90. The van der Waals surface area contributed by atoms with Gasteiger partial charge in [0.25, 0.3) is 0 Å². The second-order valence-electron chi connectivity index (χ2n) is 14.1. The topological polar surface area (TPSA) is 43.4 Å². The van der Waals surface area contributed by atoms with Gasteiger partial charge in [-0.25, -0.2) is 0 Å². The minimum Gasteiger partial charge on any atom is -0.459 e. The summed E-state index contributed by atoms with van der Waals surface area (Å²) < 4.78 is 6.01. The van der Waals surface area contributed by atoms with Gasteiger partial charge in [-0.15, -0.1) is 0 Å². The molecule has 0 aromatic carbocycles. The van der Waals surface area contributed by atoms with E-state index in [0.717, 1.165) is 17.9 Å². The van der Waals surface area contributed by atoms with Crippen molar-refractivity contribution in [3.05, 3.63) is 11.6 Å². The number of allylic oxidation sites excluding steroid dienone is 2. The molecule has 0 N–H and O–H groups in total. The summed E-state index contributed by atoms with van der Waals surface area (Å²) in [5.41, 5.74) is 2.18. The highest BCUT2D eigenvalue weighted by atomic mass is 16.6. The molecule has 1 saturated heterocycles. The molecule has 184 valence electrons. The highest BCUT2D eigenvalue weighted by Crippen LogP contribution is 2.88. The van der Waals surface area contributed by atoms with Crippen LogP contribution in [0.5, 0.6) is 0 Å². The molecule has 0 aromatic heterocycles. The molecule has 0 amide bonds. The summed E-state index contributed by atoms with van der Waals surface area (Å²) >= 11 is 0. The third kappa shape index (κ3) is 3.05. The lowest BCUT2D eigenvalue weighted by atomic mass is 9.43. The summed E-state index contributed by atoms with van der Waals surface area (Å²) in [7, 11) is 0. The first-order valence-corrected chi connectivity index (χ1v) is 13.7. The van der Waals surface area contributed by atoms with E-state index in [4.69, 9.17) is 4.74 Å². The van der Waals surface area contributed by atoms with Crippen LogP contribution < -0.4 is 0 Å². The van der Waals surface area contributed by atoms with Gasteiger partial charge in [0, 0.05) is 18.8 Å². The Morgan fingerprint density at radius 1 is 0.970 bits per heavy atom. The van der Waals surface area contributed by atoms with Crippen LogP contribution >= 0.6 is 0 Å². The number of ether oxygens (including phenoxy) is 1. The van der Waals surface area contributed by atoms with Crippen molar-refractivity contribution in [2.45, 2.75) is 118 Å². The van der Waals surface area contributed by atoms with Gasteiger partial charge in [0.1, 0.15) is 5.60 Å². The van der Waals surface area contributed by atoms with Gasteiger partial charge in [-0.3, -0.25) is 9.59 Å². The Hall–Kier alpha value is -1.12. The SMILES string of the molecule is CC(C)=CC(=O)CC(C)C1CCC2(C)C3CCC4C(C)(C)OC(=O)CCC45CC35CCC12C. The molecule has 3 nitrogen and oxygen atoms in total. The lowest BCUT2D eigenvalue weighted by Crippen LogP contribution is -2.56. The molecule has 1 aliphatic heterocycles. The Morgan fingerprint density at radius 3 is 2.33 bits per heavy atom. The molecule has 5 aliphatic rings. The van der Waals surface area contributed by atoms with E-state index in [2.05, 4.69) is 34.6 Å². The number of carbonyl (C=O) groups is 2. The largest absolute Gasteiger partial charge is 0.459 e. The number of carbonyl (C=O) groups excluding carboxylic acids is 2. The summed E-state index contributed by atoms with van der Waals surface area (Å²) in [6.45, 7) is 16.0. The van der Waals surface area contributed by atoms with Crippen LogP contribution in [0.15, 0.2) is 11.6 Å². The van der Waals surface area contributed by atoms with E-state index in [1.807, 2.05) is 19.9 Å². The minimum absolute atomic E-state index is 0.0185. The number of hydrogen-bond donors (Lipinski definition) is 0. The predicted molar refractivity (Wildman–Crippen MR) is 131 cm³/mol. The van der Waals surface area contributed by atoms with E-state index >= 15 is 0 Å². The zero-order valence-electron chi connectivity index (χ0n) is 22.2. The van der Waals surface area contributed by atoms with Crippen LogP contribution in [0.4, 0.5) is 0 Å². The number of hydrogen-bond acceptors (Lipinski definition) is 3. The average Bonchev–Trinajstić information content (AvgIpc) is 3.30.